The van der Waals surface area contributed by atoms with Crippen LogP contribution >= 0.6 is 11.6 Å². The van der Waals surface area contributed by atoms with Crippen LogP contribution in [0, 0.1) is 0 Å². The summed E-state index contributed by atoms with van der Waals surface area (Å²) in [6.45, 7) is 3.84. The maximum atomic E-state index is 13.2. The smallest absolute Gasteiger partial charge is 0.240 e. The van der Waals surface area contributed by atoms with Gasteiger partial charge in [0.2, 0.25) is 19.9 Å². The average molecular weight is 508 g/mol. The summed E-state index contributed by atoms with van der Waals surface area (Å²) in [5, 5.41) is 3.13. The summed E-state index contributed by atoms with van der Waals surface area (Å²) in [6.07, 6.45) is 2.05. The van der Waals surface area contributed by atoms with Crippen molar-refractivity contribution in [2.75, 3.05) is 18.9 Å². The van der Waals surface area contributed by atoms with Crippen molar-refractivity contribution in [3.05, 3.63) is 77.1 Å². The largest absolute Gasteiger partial charge is 0.387 e. The molecule has 0 radical (unpaired) electrons. The molecule has 7 nitrogen and oxygen atoms in total. The van der Waals surface area contributed by atoms with Crippen molar-refractivity contribution in [3.63, 3.8) is 0 Å². The monoisotopic (exact) mass is 507 g/mol. The molecule has 0 saturated heterocycles. The number of halogens is 1. The molecule has 0 unspecified atom stereocenters. The van der Waals surface area contributed by atoms with Crippen molar-refractivity contribution in [1.82, 2.24) is 9.71 Å². The molecular formula is C23H26ClN3O4S2. The number of anilines is 1. The number of sulfone groups is 1. The van der Waals surface area contributed by atoms with E-state index < -0.39 is 19.9 Å². The third kappa shape index (κ3) is 5.73. The second-order valence-electron chi connectivity index (χ2n) is 7.72. The third-order valence-electron chi connectivity index (χ3n) is 5.13. The first-order valence-electron chi connectivity index (χ1n) is 10.3. The van der Waals surface area contributed by atoms with Crippen LogP contribution in [0.3, 0.4) is 0 Å². The molecule has 0 bridgehead atoms. The molecule has 3 aromatic rings. The molecule has 1 heterocycles. The Morgan fingerprint density at radius 2 is 1.67 bits per heavy atom. The first-order valence-corrected chi connectivity index (χ1v) is 13.7. The van der Waals surface area contributed by atoms with Gasteiger partial charge in [-0.05, 0) is 53.9 Å². The van der Waals surface area contributed by atoms with Crippen molar-refractivity contribution < 1.29 is 16.8 Å². The molecule has 0 spiro atoms. The maximum Gasteiger partial charge on any atom is 0.240 e. The van der Waals surface area contributed by atoms with E-state index in [4.69, 9.17) is 11.6 Å². The van der Waals surface area contributed by atoms with Gasteiger partial charge in [0.25, 0.3) is 0 Å². The van der Waals surface area contributed by atoms with Gasteiger partial charge in [0.15, 0.2) is 0 Å². The highest BCUT2D eigenvalue weighted by Crippen LogP contribution is 2.32. The van der Waals surface area contributed by atoms with Gasteiger partial charge in [0.1, 0.15) is 0 Å². The summed E-state index contributed by atoms with van der Waals surface area (Å²) in [7, 11) is -6.28. The topological polar surface area (TPSA) is 105 Å². The lowest BCUT2D eigenvalue weighted by Crippen LogP contribution is -2.27. The fraction of sp³-hybridized carbons (Fsp3) is 0.261. The van der Waals surface area contributed by atoms with Crippen LogP contribution in [0.5, 0.6) is 0 Å². The number of pyridine rings is 1. The van der Waals surface area contributed by atoms with Crippen LogP contribution in [-0.4, -0.2) is 35.4 Å². The molecule has 2 aromatic carbocycles. The van der Waals surface area contributed by atoms with E-state index in [-0.39, 0.29) is 32.2 Å². The highest BCUT2D eigenvalue weighted by atomic mass is 35.5. The standard InChI is InChI=1S/C23H26ClN3O4S2/c1-16(2)20-9-7-19(32(28,29)18-8-10-22(25-3)21(24)14-18)15-23(20)33(30,31)27-13-11-17-6-4-5-12-26-17/h4-10,12,14-16,25,27H,11,13H2,1-3H3. The van der Waals surface area contributed by atoms with Gasteiger partial charge < -0.3 is 5.32 Å². The predicted octanol–water partition coefficient (Wildman–Crippen LogP) is 4.25. The second kappa shape index (κ2) is 10.2. The molecule has 0 aliphatic heterocycles. The summed E-state index contributed by atoms with van der Waals surface area (Å²) in [4.78, 5) is 3.99. The molecule has 0 fully saturated rings. The van der Waals surface area contributed by atoms with E-state index in [1.807, 2.05) is 26.0 Å². The molecule has 3 rings (SSSR count). The highest BCUT2D eigenvalue weighted by molar-refractivity contribution is 7.91. The van der Waals surface area contributed by atoms with Crippen LogP contribution in [0.1, 0.15) is 31.0 Å². The fourth-order valence-electron chi connectivity index (χ4n) is 3.33. The molecule has 10 heteroatoms. The van der Waals surface area contributed by atoms with E-state index in [9.17, 15) is 16.8 Å². The van der Waals surface area contributed by atoms with Gasteiger partial charge in [-0.2, -0.15) is 0 Å². The van der Waals surface area contributed by atoms with Crippen molar-refractivity contribution in [2.24, 2.45) is 0 Å². The Morgan fingerprint density at radius 3 is 2.27 bits per heavy atom. The Hall–Kier alpha value is -2.46. The van der Waals surface area contributed by atoms with Crippen LogP contribution in [0.15, 0.2) is 75.5 Å². The van der Waals surface area contributed by atoms with Gasteiger partial charge >= 0.3 is 0 Å². The molecule has 0 amide bonds. The number of hydrogen-bond acceptors (Lipinski definition) is 6. The molecule has 1 aromatic heterocycles. The van der Waals surface area contributed by atoms with Crippen molar-refractivity contribution in [2.45, 2.75) is 40.9 Å². The summed E-state index contributed by atoms with van der Waals surface area (Å²) >= 11 is 6.16. The maximum absolute atomic E-state index is 13.2. The lowest BCUT2D eigenvalue weighted by Gasteiger charge is -2.16. The quantitative estimate of drug-likeness (QED) is 0.448. The second-order valence-corrected chi connectivity index (χ2v) is 11.8. The van der Waals surface area contributed by atoms with Crippen LogP contribution in [-0.2, 0) is 26.3 Å². The van der Waals surface area contributed by atoms with Gasteiger partial charge in [0, 0.05) is 31.9 Å². The van der Waals surface area contributed by atoms with Crippen LogP contribution in [0.2, 0.25) is 5.02 Å². The van der Waals surface area contributed by atoms with Crippen molar-refractivity contribution >= 4 is 37.1 Å². The van der Waals surface area contributed by atoms with Gasteiger partial charge in [0.05, 0.1) is 25.4 Å². The summed E-state index contributed by atoms with van der Waals surface area (Å²) in [5.74, 6) is -0.131. The Kier molecular flexibility index (Phi) is 7.79. The van der Waals surface area contributed by atoms with Gasteiger partial charge in [-0.25, -0.2) is 21.6 Å². The minimum absolute atomic E-state index is 0.0183. The molecule has 0 aliphatic rings. The van der Waals surface area contributed by atoms with E-state index in [0.717, 1.165) is 5.69 Å². The fourth-order valence-corrected chi connectivity index (χ4v) is 6.48. The van der Waals surface area contributed by atoms with Crippen LogP contribution in [0.4, 0.5) is 5.69 Å². The summed E-state index contributed by atoms with van der Waals surface area (Å²) in [6, 6.07) is 14.0. The van der Waals surface area contributed by atoms with Crippen molar-refractivity contribution in [3.8, 4) is 0 Å². The van der Waals surface area contributed by atoms with Gasteiger partial charge in [-0.1, -0.05) is 37.6 Å². The molecule has 176 valence electrons. The molecule has 33 heavy (non-hydrogen) atoms. The predicted molar refractivity (Wildman–Crippen MR) is 130 cm³/mol. The van der Waals surface area contributed by atoms with Crippen LogP contribution in [0.25, 0.3) is 0 Å². The normalized spacial score (nSPS) is 12.2. The number of hydrogen-bond donors (Lipinski definition) is 2. The molecule has 0 aliphatic carbocycles. The van der Waals surface area contributed by atoms with E-state index in [0.29, 0.717) is 17.7 Å². The van der Waals surface area contributed by atoms with E-state index in [1.54, 1.807) is 31.4 Å². The van der Waals surface area contributed by atoms with Crippen LogP contribution < -0.4 is 10.0 Å². The Balaban J connectivity index is 1.97. The van der Waals surface area contributed by atoms with E-state index >= 15 is 0 Å². The first kappa shape index (κ1) is 25.2. The molecular weight excluding hydrogens is 482 g/mol. The summed E-state index contributed by atoms with van der Waals surface area (Å²) in [5.41, 5.74) is 1.87. The number of rotatable bonds is 9. The third-order valence-corrected chi connectivity index (χ3v) is 8.70. The van der Waals surface area contributed by atoms with Gasteiger partial charge in [-0.15, -0.1) is 0 Å². The zero-order valence-electron chi connectivity index (χ0n) is 18.5. The molecule has 0 atom stereocenters. The molecule has 0 saturated carbocycles. The highest BCUT2D eigenvalue weighted by Gasteiger charge is 2.25. The zero-order chi connectivity index (χ0) is 24.2. The van der Waals surface area contributed by atoms with E-state index in [1.165, 1.54) is 24.3 Å². The average Bonchev–Trinajstić information content (AvgIpc) is 2.79. The number of benzene rings is 2. The molecule has 2 N–H and O–H groups in total. The number of nitrogens with one attached hydrogen (secondary N) is 2. The number of aromatic nitrogens is 1. The lowest BCUT2D eigenvalue weighted by atomic mass is 10.0. The van der Waals surface area contributed by atoms with Crippen molar-refractivity contribution in [1.29, 1.82) is 0 Å². The SMILES string of the molecule is CNc1ccc(S(=O)(=O)c2ccc(C(C)C)c(S(=O)(=O)NCCc3ccccn3)c2)cc1Cl. The van der Waals surface area contributed by atoms with E-state index in [2.05, 4.69) is 15.0 Å². The first-order chi connectivity index (χ1) is 15.6. The number of nitrogens with zero attached hydrogens (tertiary/aromatic N) is 1. The minimum Gasteiger partial charge on any atom is -0.387 e. The Morgan fingerprint density at radius 1 is 0.970 bits per heavy atom. The Bertz CT molecular complexity index is 1340. The summed E-state index contributed by atoms with van der Waals surface area (Å²) < 4.78 is 55.3. The Labute approximate surface area is 200 Å². The zero-order valence-corrected chi connectivity index (χ0v) is 20.9. The lowest BCUT2D eigenvalue weighted by molar-refractivity contribution is 0.578. The minimum atomic E-state index is -3.99. The number of sulfonamides is 1. The van der Waals surface area contributed by atoms with Gasteiger partial charge in [-0.3, -0.25) is 4.98 Å².